The zero-order valence-electron chi connectivity index (χ0n) is 11.1. The number of methoxy groups -OCH3 is 1. The Balaban J connectivity index is 0.00000289. The Labute approximate surface area is 114 Å². The first-order chi connectivity index (χ1) is 7.77. The zero-order chi connectivity index (χ0) is 13.2. The third-order valence-electron chi connectivity index (χ3n) is 2.78. The van der Waals surface area contributed by atoms with Crippen LogP contribution in [0.1, 0.15) is 32.4 Å². The number of aliphatic hydroxyl groups is 1. The first-order valence-electron chi connectivity index (χ1n) is 5.54. The fourth-order valence-corrected chi connectivity index (χ4v) is 1.67. The molecule has 0 radical (unpaired) electrons. The van der Waals surface area contributed by atoms with Gasteiger partial charge in [-0.05, 0) is 11.5 Å². The maximum absolute atomic E-state index is 13.0. The second kappa shape index (κ2) is 6.36. The largest absolute Gasteiger partial charge is 0.496 e. The summed E-state index contributed by atoms with van der Waals surface area (Å²) in [6.07, 6.45) is -0.734. The number of ether oxygens (including phenoxy) is 1. The average molecular weight is 278 g/mol. The van der Waals surface area contributed by atoms with Crippen molar-refractivity contribution < 1.29 is 14.2 Å². The predicted octanol–water partition coefficient (Wildman–Crippen LogP) is 2.66. The van der Waals surface area contributed by atoms with Crippen molar-refractivity contribution in [1.82, 2.24) is 0 Å². The van der Waals surface area contributed by atoms with E-state index < -0.39 is 12.1 Å². The average Bonchev–Trinajstić information content (AvgIpc) is 2.25. The van der Waals surface area contributed by atoms with Gasteiger partial charge in [0.25, 0.3) is 0 Å². The summed E-state index contributed by atoms with van der Waals surface area (Å²) in [6, 6.07) is 3.52. The SMILES string of the molecule is COc1cc(F)ccc1[C@H](N)[C@H](O)C(C)(C)C.Cl. The number of nitrogens with two attached hydrogens (primary N) is 1. The van der Waals surface area contributed by atoms with Crippen LogP contribution in [-0.4, -0.2) is 18.3 Å². The molecule has 18 heavy (non-hydrogen) atoms. The van der Waals surface area contributed by atoms with Gasteiger partial charge < -0.3 is 15.6 Å². The molecule has 0 bridgehead atoms. The van der Waals surface area contributed by atoms with Gasteiger partial charge in [-0.25, -0.2) is 4.39 Å². The molecule has 104 valence electrons. The first-order valence-corrected chi connectivity index (χ1v) is 5.54. The Kier molecular flexibility index (Phi) is 6.07. The van der Waals surface area contributed by atoms with Crippen molar-refractivity contribution in [3.63, 3.8) is 0 Å². The molecule has 0 spiro atoms. The smallest absolute Gasteiger partial charge is 0.126 e. The monoisotopic (exact) mass is 277 g/mol. The number of hydrogen-bond acceptors (Lipinski definition) is 3. The first kappa shape index (κ1) is 17.2. The fraction of sp³-hybridized carbons (Fsp3) is 0.538. The van der Waals surface area contributed by atoms with Gasteiger partial charge in [0.05, 0.1) is 19.3 Å². The van der Waals surface area contributed by atoms with Crippen molar-refractivity contribution in [2.24, 2.45) is 11.1 Å². The summed E-state index contributed by atoms with van der Waals surface area (Å²) in [5.74, 6) is -0.0242. The number of benzene rings is 1. The van der Waals surface area contributed by atoms with Crippen molar-refractivity contribution in [3.05, 3.63) is 29.6 Å². The fourth-order valence-electron chi connectivity index (χ4n) is 1.67. The normalized spacial score (nSPS) is 14.6. The molecule has 0 aliphatic heterocycles. The zero-order valence-corrected chi connectivity index (χ0v) is 11.9. The van der Waals surface area contributed by atoms with E-state index in [1.54, 1.807) is 6.07 Å². The topological polar surface area (TPSA) is 55.5 Å². The molecule has 1 aromatic carbocycles. The Morgan fingerprint density at radius 1 is 1.33 bits per heavy atom. The Bertz CT molecular complexity index is 393. The van der Waals surface area contributed by atoms with Crippen LogP contribution in [0.4, 0.5) is 4.39 Å². The Morgan fingerprint density at radius 3 is 2.33 bits per heavy atom. The van der Waals surface area contributed by atoms with Gasteiger partial charge in [0, 0.05) is 11.6 Å². The van der Waals surface area contributed by atoms with Crippen LogP contribution in [0.15, 0.2) is 18.2 Å². The molecule has 0 aliphatic rings. The molecule has 1 rings (SSSR count). The highest BCUT2D eigenvalue weighted by Gasteiger charge is 2.30. The number of rotatable bonds is 3. The lowest BCUT2D eigenvalue weighted by molar-refractivity contribution is 0.0394. The highest BCUT2D eigenvalue weighted by molar-refractivity contribution is 5.85. The third kappa shape index (κ3) is 3.83. The van der Waals surface area contributed by atoms with Gasteiger partial charge in [0.15, 0.2) is 0 Å². The van der Waals surface area contributed by atoms with E-state index in [1.807, 2.05) is 20.8 Å². The molecule has 0 fully saturated rings. The summed E-state index contributed by atoms with van der Waals surface area (Å²) in [6.45, 7) is 5.69. The van der Waals surface area contributed by atoms with Crippen LogP contribution in [0.5, 0.6) is 5.75 Å². The number of hydrogen-bond donors (Lipinski definition) is 2. The maximum atomic E-state index is 13.0. The summed E-state index contributed by atoms with van der Waals surface area (Å²) in [7, 11) is 1.45. The molecule has 0 heterocycles. The molecule has 0 aliphatic carbocycles. The van der Waals surface area contributed by atoms with Crippen LogP contribution < -0.4 is 10.5 Å². The Morgan fingerprint density at radius 2 is 1.89 bits per heavy atom. The van der Waals surface area contributed by atoms with Gasteiger partial charge in [-0.2, -0.15) is 0 Å². The second-order valence-corrected chi connectivity index (χ2v) is 5.22. The van der Waals surface area contributed by atoms with E-state index in [4.69, 9.17) is 10.5 Å². The summed E-state index contributed by atoms with van der Waals surface area (Å²) in [5, 5.41) is 10.1. The number of aliphatic hydroxyl groups excluding tert-OH is 1. The summed E-state index contributed by atoms with van der Waals surface area (Å²) < 4.78 is 18.1. The predicted molar refractivity (Wildman–Crippen MR) is 72.6 cm³/mol. The summed E-state index contributed by atoms with van der Waals surface area (Å²) >= 11 is 0. The van der Waals surface area contributed by atoms with Crippen LogP contribution >= 0.6 is 12.4 Å². The minimum absolute atomic E-state index is 0. The molecule has 2 atom stereocenters. The number of halogens is 2. The highest BCUT2D eigenvalue weighted by atomic mass is 35.5. The molecule has 0 saturated heterocycles. The van der Waals surface area contributed by atoms with E-state index in [2.05, 4.69) is 0 Å². The second-order valence-electron chi connectivity index (χ2n) is 5.22. The molecule has 5 heteroatoms. The van der Waals surface area contributed by atoms with Crippen molar-refractivity contribution >= 4 is 12.4 Å². The minimum Gasteiger partial charge on any atom is -0.496 e. The maximum Gasteiger partial charge on any atom is 0.126 e. The summed E-state index contributed by atoms with van der Waals surface area (Å²) in [5.41, 5.74) is 6.26. The van der Waals surface area contributed by atoms with Crippen LogP contribution in [-0.2, 0) is 0 Å². The van der Waals surface area contributed by atoms with Crippen LogP contribution in [0.3, 0.4) is 0 Å². The lowest BCUT2D eigenvalue weighted by Crippen LogP contribution is -2.37. The van der Waals surface area contributed by atoms with Gasteiger partial charge in [0.1, 0.15) is 11.6 Å². The van der Waals surface area contributed by atoms with E-state index in [1.165, 1.54) is 19.2 Å². The molecule has 3 nitrogen and oxygen atoms in total. The molecule has 1 aromatic rings. The molecule has 0 saturated carbocycles. The van der Waals surface area contributed by atoms with Crippen LogP contribution in [0.2, 0.25) is 0 Å². The van der Waals surface area contributed by atoms with E-state index in [9.17, 15) is 9.50 Å². The van der Waals surface area contributed by atoms with Gasteiger partial charge in [-0.15, -0.1) is 12.4 Å². The third-order valence-corrected chi connectivity index (χ3v) is 2.78. The van der Waals surface area contributed by atoms with Gasteiger partial charge in [0.2, 0.25) is 0 Å². The van der Waals surface area contributed by atoms with E-state index in [0.717, 1.165) is 0 Å². The quantitative estimate of drug-likeness (QED) is 0.893. The van der Waals surface area contributed by atoms with E-state index >= 15 is 0 Å². The van der Waals surface area contributed by atoms with Crippen molar-refractivity contribution in [1.29, 1.82) is 0 Å². The van der Waals surface area contributed by atoms with E-state index in [-0.39, 0.29) is 23.6 Å². The standard InChI is InChI=1S/C13H20FNO2.ClH/c1-13(2,3)12(16)11(15)9-6-5-8(14)7-10(9)17-4;/h5-7,11-12,16H,15H2,1-4H3;1H/t11-,12-;/m0./s1. The minimum atomic E-state index is -0.734. The molecule has 3 N–H and O–H groups in total. The van der Waals surface area contributed by atoms with Crippen molar-refractivity contribution in [3.8, 4) is 5.75 Å². The van der Waals surface area contributed by atoms with Crippen molar-refractivity contribution in [2.75, 3.05) is 7.11 Å². The van der Waals surface area contributed by atoms with Crippen molar-refractivity contribution in [2.45, 2.75) is 32.9 Å². The molecule has 0 amide bonds. The molecular formula is C13H21ClFNO2. The summed E-state index contributed by atoms with van der Waals surface area (Å²) in [4.78, 5) is 0. The Hall–Kier alpha value is -0.840. The van der Waals surface area contributed by atoms with Gasteiger partial charge in [-0.1, -0.05) is 26.8 Å². The lowest BCUT2D eigenvalue weighted by Gasteiger charge is -2.31. The molecule has 0 unspecified atom stereocenters. The van der Waals surface area contributed by atoms with Crippen LogP contribution in [0, 0.1) is 11.2 Å². The van der Waals surface area contributed by atoms with E-state index in [0.29, 0.717) is 11.3 Å². The van der Waals surface area contributed by atoms with Crippen LogP contribution in [0.25, 0.3) is 0 Å². The molecule has 0 aromatic heterocycles. The van der Waals surface area contributed by atoms with Gasteiger partial charge >= 0.3 is 0 Å². The lowest BCUT2D eigenvalue weighted by atomic mass is 9.82. The van der Waals surface area contributed by atoms with Gasteiger partial charge in [-0.3, -0.25) is 0 Å². The highest BCUT2D eigenvalue weighted by Crippen LogP contribution is 2.33. The molecular weight excluding hydrogens is 257 g/mol.